The zero-order valence-electron chi connectivity index (χ0n) is 13.8. The van der Waals surface area contributed by atoms with Gasteiger partial charge >= 0.3 is 0 Å². The van der Waals surface area contributed by atoms with Gasteiger partial charge in [-0.05, 0) is 60.8 Å². The Balaban J connectivity index is 1.69. The molecule has 0 saturated heterocycles. The van der Waals surface area contributed by atoms with Gasteiger partial charge in [0.2, 0.25) is 0 Å². The van der Waals surface area contributed by atoms with Crippen LogP contribution in [-0.2, 0) is 6.54 Å². The Hall–Kier alpha value is -2.38. The van der Waals surface area contributed by atoms with Crippen LogP contribution < -0.4 is 10.0 Å². The van der Waals surface area contributed by atoms with Crippen LogP contribution in [0.25, 0.3) is 0 Å². The first-order valence-corrected chi connectivity index (χ1v) is 8.89. The number of anilines is 2. The molecule has 3 rings (SSSR count). The molecule has 3 aromatic rings. The van der Waals surface area contributed by atoms with Crippen molar-refractivity contribution in [1.82, 2.24) is 9.97 Å². The first-order valence-electron chi connectivity index (χ1n) is 7.70. The molecule has 0 atom stereocenters. The lowest BCUT2D eigenvalue weighted by Gasteiger charge is -2.13. The largest absolute Gasteiger partial charge is 0.381 e. The maximum absolute atomic E-state index is 14.4. The molecule has 0 aliphatic carbocycles. The average molecular weight is 393 g/mol. The zero-order chi connectivity index (χ0) is 18.5. The van der Waals surface area contributed by atoms with Crippen LogP contribution in [0.5, 0.6) is 0 Å². The van der Waals surface area contributed by atoms with E-state index >= 15 is 0 Å². The number of halogens is 3. The molecule has 134 valence electrons. The number of hydrogen-bond acceptors (Lipinski definition) is 5. The molecule has 0 aliphatic rings. The van der Waals surface area contributed by atoms with E-state index in [0.717, 1.165) is 17.5 Å². The molecule has 0 aliphatic heterocycles. The highest BCUT2D eigenvalue weighted by Crippen LogP contribution is 2.28. The van der Waals surface area contributed by atoms with Gasteiger partial charge in [-0.2, -0.15) is 0 Å². The number of benzene rings is 2. The van der Waals surface area contributed by atoms with E-state index in [4.69, 9.17) is 11.6 Å². The predicted molar refractivity (Wildman–Crippen MR) is 101 cm³/mol. The molecule has 0 amide bonds. The van der Waals surface area contributed by atoms with Gasteiger partial charge in [-0.3, -0.25) is 0 Å². The van der Waals surface area contributed by atoms with Crippen molar-refractivity contribution in [3.05, 3.63) is 76.7 Å². The Morgan fingerprint density at radius 1 is 1.12 bits per heavy atom. The molecule has 26 heavy (non-hydrogen) atoms. The fourth-order valence-electron chi connectivity index (χ4n) is 2.25. The summed E-state index contributed by atoms with van der Waals surface area (Å²) < 4.78 is 31.1. The van der Waals surface area contributed by atoms with Crippen LogP contribution in [0.4, 0.5) is 20.3 Å². The summed E-state index contributed by atoms with van der Waals surface area (Å²) in [4.78, 5) is 8.27. The minimum Gasteiger partial charge on any atom is -0.381 e. The monoisotopic (exact) mass is 392 g/mol. The molecule has 2 aromatic carbocycles. The summed E-state index contributed by atoms with van der Waals surface area (Å²) in [5.41, 5.74) is 1.84. The van der Waals surface area contributed by atoms with E-state index in [1.54, 1.807) is 24.4 Å². The molecular weight excluding hydrogens is 378 g/mol. The van der Waals surface area contributed by atoms with Crippen LogP contribution in [0.3, 0.4) is 0 Å². The number of rotatable bonds is 6. The van der Waals surface area contributed by atoms with Crippen LogP contribution in [0.1, 0.15) is 11.1 Å². The standard InChI is InChI=1S/C18H15ClF2N4S/c1-11-6-17(26-25-18-4-5-22-10-24-18)15(21)8-16(11)23-9-12-7-13(19)2-3-14(12)20/h2-8,10,23H,9H2,1H3,(H,22,24,25). The van der Waals surface area contributed by atoms with Crippen LogP contribution in [0, 0.1) is 18.6 Å². The van der Waals surface area contributed by atoms with Gasteiger partial charge in [-0.15, -0.1) is 0 Å². The fourth-order valence-corrected chi connectivity index (χ4v) is 3.17. The van der Waals surface area contributed by atoms with Gasteiger partial charge in [0, 0.05) is 29.0 Å². The zero-order valence-corrected chi connectivity index (χ0v) is 15.3. The third kappa shape index (κ3) is 4.62. The second kappa shape index (κ2) is 8.33. The van der Waals surface area contributed by atoms with Gasteiger partial charge in [-0.25, -0.2) is 18.7 Å². The van der Waals surface area contributed by atoms with Crippen molar-refractivity contribution in [1.29, 1.82) is 0 Å². The highest BCUT2D eigenvalue weighted by Gasteiger charge is 2.10. The van der Waals surface area contributed by atoms with Gasteiger partial charge in [0.05, 0.1) is 4.90 Å². The molecule has 1 heterocycles. The molecule has 0 unspecified atom stereocenters. The number of hydrogen-bond donors (Lipinski definition) is 2. The second-order valence-electron chi connectivity index (χ2n) is 5.49. The van der Waals surface area contributed by atoms with Crippen molar-refractivity contribution >= 4 is 35.1 Å². The van der Waals surface area contributed by atoms with Gasteiger partial charge < -0.3 is 10.0 Å². The molecule has 0 radical (unpaired) electrons. The van der Waals surface area contributed by atoms with E-state index in [2.05, 4.69) is 20.0 Å². The summed E-state index contributed by atoms with van der Waals surface area (Å²) in [6.07, 6.45) is 3.01. The summed E-state index contributed by atoms with van der Waals surface area (Å²) in [7, 11) is 0. The minimum atomic E-state index is -0.392. The third-order valence-corrected chi connectivity index (χ3v) is 4.68. The Morgan fingerprint density at radius 3 is 2.73 bits per heavy atom. The van der Waals surface area contributed by atoms with E-state index in [1.807, 2.05) is 6.92 Å². The Labute approximate surface area is 159 Å². The predicted octanol–water partition coefficient (Wildman–Crippen LogP) is 5.45. The third-order valence-electron chi connectivity index (χ3n) is 3.60. The molecule has 4 nitrogen and oxygen atoms in total. The highest BCUT2D eigenvalue weighted by atomic mass is 35.5. The van der Waals surface area contributed by atoms with E-state index in [9.17, 15) is 8.78 Å². The maximum atomic E-state index is 14.4. The average Bonchev–Trinajstić information content (AvgIpc) is 2.64. The normalized spacial score (nSPS) is 10.6. The van der Waals surface area contributed by atoms with Crippen LogP contribution in [-0.4, -0.2) is 9.97 Å². The minimum absolute atomic E-state index is 0.207. The van der Waals surface area contributed by atoms with Crippen molar-refractivity contribution in [3.8, 4) is 0 Å². The summed E-state index contributed by atoms with van der Waals surface area (Å²) in [5, 5.41) is 3.50. The first-order chi connectivity index (χ1) is 12.5. The van der Waals surface area contributed by atoms with Crippen LogP contribution >= 0.6 is 23.5 Å². The van der Waals surface area contributed by atoms with Crippen molar-refractivity contribution < 1.29 is 8.78 Å². The molecule has 1 aromatic heterocycles. The number of aryl methyl sites for hydroxylation is 1. The van der Waals surface area contributed by atoms with E-state index in [0.29, 0.717) is 27.0 Å². The first kappa shape index (κ1) is 18.4. The lowest BCUT2D eigenvalue weighted by Crippen LogP contribution is -2.04. The Kier molecular flexibility index (Phi) is 5.90. The quantitative estimate of drug-likeness (QED) is 0.546. The van der Waals surface area contributed by atoms with Crippen molar-refractivity contribution in [2.45, 2.75) is 18.4 Å². The smallest absolute Gasteiger partial charge is 0.140 e. The van der Waals surface area contributed by atoms with Crippen molar-refractivity contribution in [3.63, 3.8) is 0 Å². The summed E-state index contributed by atoms with van der Waals surface area (Å²) in [5.74, 6) is -0.168. The molecule has 0 spiro atoms. The van der Waals surface area contributed by atoms with Crippen molar-refractivity contribution in [2.24, 2.45) is 0 Å². The van der Waals surface area contributed by atoms with Gasteiger partial charge in [0.1, 0.15) is 23.8 Å². The van der Waals surface area contributed by atoms with E-state index < -0.39 is 5.82 Å². The topological polar surface area (TPSA) is 49.8 Å². The van der Waals surface area contributed by atoms with E-state index in [1.165, 1.54) is 24.5 Å². The van der Waals surface area contributed by atoms with Gasteiger partial charge in [0.15, 0.2) is 0 Å². The molecule has 8 heteroatoms. The summed E-state index contributed by atoms with van der Waals surface area (Å²) in [6, 6.07) is 9.14. The van der Waals surface area contributed by atoms with Crippen molar-refractivity contribution in [2.75, 3.05) is 10.0 Å². The fraction of sp³-hybridized carbons (Fsp3) is 0.111. The van der Waals surface area contributed by atoms with Crippen LogP contribution in [0.15, 0.2) is 53.8 Å². The number of nitrogens with zero attached hydrogens (tertiary/aromatic N) is 2. The van der Waals surface area contributed by atoms with Gasteiger partial charge in [-0.1, -0.05) is 11.6 Å². The van der Waals surface area contributed by atoms with E-state index in [-0.39, 0.29) is 12.4 Å². The molecule has 0 bridgehead atoms. The van der Waals surface area contributed by atoms with Gasteiger partial charge in [0.25, 0.3) is 0 Å². The summed E-state index contributed by atoms with van der Waals surface area (Å²) in [6.45, 7) is 2.06. The second-order valence-corrected chi connectivity index (χ2v) is 6.77. The Morgan fingerprint density at radius 2 is 1.96 bits per heavy atom. The maximum Gasteiger partial charge on any atom is 0.140 e. The molecule has 0 saturated carbocycles. The number of nitrogens with one attached hydrogen (secondary N) is 2. The lowest BCUT2D eigenvalue weighted by molar-refractivity contribution is 0.601. The molecule has 0 fully saturated rings. The highest BCUT2D eigenvalue weighted by molar-refractivity contribution is 8.00. The Bertz CT molecular complexity index is 909. The van der Waals surface area contributed by atoms with Crippen LogP contribution in [0.2, 0.25) is 5.02 Å². The molecule has 2 N–H and O–H groups in total. The lowest BCUT2D eigenvalue weighted by atomic mass is 10.1. The number of aromatic nitrogens is 2. The SMILES string of the molecule is Cc1cc(SNc2ccncn2)c(F)cc1NCc1cc(Cl)ccc1F. The summed E-state index contributed by atoms with van der Waals surface area (Å²) >= 11 is 7.01. The molecular formula is C18H15ClF2N4S.